The third kappa shape index (κ3) is 2.05. The van der Waals surface area contributed by atoms with Gasteiger partial charge in [-0.15, -0.1) is 4.98 Å². The van der Waals surface area contributed by atoms with Gasteiger partial charge in [0.15, 0.2) is 5.52 Å². The predicted molar refractivity (Wildman–Crippen MR) is 98.9 cm³/mol. The van der Waals surface area contributed by atoms with E-state index in [1.807, 2.05) is 59.0 Å². The van der Waals surface area contributed by atoms with Crippen LogP contribution in [0.1, 0.15) is 0 Å². The molecule has 2 aromatic heterocycles. The highest BCUT2D eigenvalue weighted by Crippen LogP contribution is 2.25. The van der Waals surface area contributed by atoms with Gasteiger partial charge in [-0.05, 0) is 30.3 Å². The van der Waals surface area contributed by atoms with Crippen molar-refractivity contribution in [3.8, 4) is 11.4 Å². The van der Waals surface area contributed by atoms with Crippen LogP contribution in [0, 0.1) is 10.1 Å². The SMILES string of the molecule is O=[N+]([O-])c1cccc(-c2nc3ccccc3c3[nH]c4ccccc4[n+]23)c1. The van der Waals surface area contributed by atoms with Crippen LogP contribution in [0.5, 0.6) is 0 Å². The molecule has 0 unspecified atom stereocenters. The number of rotatable bonds is 2. The quantitative estimate of drug-likeness (QED) is 0.299. The predicted octanol–water partition coefficient (Wildman–Crippen LogP) is 4.03. The highest BCUT2D eigenvalue weighted by molar-refractivity contribution is 5.93. The van der Waals surface area contributed by atoms with Gasteiger partial charge in [-0.3, -0.25) is 15.1 Å². The molecule has 0 aliphatic carbocycles. The number of fused-ring (bicyclic) bond motifs is 5. The summed E-state index contributed by atoms with van der Waals surface area (Å²) in [5, 5.41) is 12.2. The average molecular weight is 341 g/mol. The first-order chi connectivity index (χ1) is 12.7. The summed E-state index contributed by atoms with van der Waals surface area (Å²) < 4.78 is 2.02. The molecule has 26 heavy (non-hydrogen) atoms. The third-order valence-corrected chi connectivity index (χ3v) is 4.53. The summed E-state index contributed by atoms with van der Waals surface area (Å²) in [5.41, 5.74) is 4.45. The van der Waals surface area contributed by atoms with Crippen LogP contribution in [0.25, 0.3) is 39.0 Å². The van der Waals surface area contributed by atoms with Crippen molar-refractivity contribution in [2.75, 3.05) is 0 Å². The third-order valence-electron chi connectivity index (χ3n) is 4.53. The van der Waals surface area contributed by atoms with Gasteiger partial charge in [-0.1, -0.05) is 30.3 Å². The van der Waals surface area contributed by atoms with Crippen molar-refractivity contribution in [2.45, 2.75) is 0 Å². The van der Waals surface area contributed by atoms with Gasteiger partial charge in [0, 0.05) is 12.1 Å². The lowest BCUT2D eigenvalue weighted by molar-refractivity contribution is -0.470. The smallest absolute Gasteiger partial charge is 0.269 e. The Morgan fingerprint density at radius 1 is 0.962 bits per heavy atom. The number of para-hydroxylation sites is 3. The summed E-state index contributed by atoms with van der Waals surface area (Å²) in [5.74, 6) is 0.667. The normalized spacial score (nSPS) is 11.4. The molecular weight excluding hydrogens is 328 g/mol. The van der Waals surface area contributed by atoms with Crippen molar-refractivity contribution >= 4 is 33.3 Å². The maximum atomic E-state index is 11.2. The van der Waals surface area contributed by atoms with E-state index in [9.17, 15) is 10.1 Å². The fraction of sp³-hybridized carbons (Fsp3) is 0. The van der Waals surface area contributed by atoms with Gasteiger partial charge >= 0.3 is 0 Å². The highest BCUT2D eigenvalue weighted by Gasteiger charge is 2.22. The summed E-state index contributed by atoms with van der Waals surface area (Å²) in [4.78, 5) is 19.1. The molecule has 3 aromatic carbocycles. The van der Waals surface area contributed by atoms with Gasteiger partial charge in [0.25, 0.3) is 11.5 Å². The number of H-pyrrole nitrogens is 1. The molecule has 2 heterocycles. The van der Waals surface area contributed by atoms with Gasteiger partial charge in [0.1, 0.15) is 11.0 Å². The minimum atomic E-state index is -0.387. The Bertz CT molecular complexity index is 1320. The molecular formula is C20H13N4O2+. The van der Waals surface area contributed by atoms with E-state index >= 15 is 0 Å². The van der Waals surface area contributed by atoms with Crippen LogP contribution in [-0.4, -0.2) is 14.9 Å². The van der Waals surface area contributed by atoms with E-state index in [1.165, 1.54) is 6.07 Å². The lowest BCUT2D eigenvalue weighted by atomic mass is 10.1. The maximum absolute atomic E-state index is 11.2. The van der Waals surface area contributed by atoms with E-state index in [2.05, 4.69) is 4.98 Å². The van der Waals surface area contributed by atoms with Crippen LogP contribution < -0.4 is 4.40 Å². The first-order valence-corrected chi connectivity index (χ1v) is 8.18. The van der Waals surface area contributed by atoms with E-state index < -0.39 is 0 Å². The fourth-order valence-corrected chi connectivity index (χ4v) is 3.37. The second-order valence-electron chi connectivity index (χ2n) is 6.09. The number of nitrogens with zero attached hydrogens (tertiary/aromatic N) is 3. The lowest BCUT2D eigenvalue weighted by Gasteiger charge is -2.02. The van der Waals surface area contributed by atoms with Crippen molar-refractivity contribution < 1.29 is 9.32 Å². The number of nitro benzene ring substituents is 1. The first-order valence-electron chi connectivity index (χ1n) is 8.18. The van der Waals surface area contributed by atoms with Crippen molar-refractivity contribution in [1.82, 2.24) is 9.97 Å². The molecule has 6 nitrogen and oxygen atoms in total. The molecule has 0 atom stereocenters. The highest BCUT2D eigenvalue weighted by atomic mass is 16.6. The number of non-ortho nitro benzene ring substituents is 1. The minimum Gasteiger partial charge on any atom is -0.269 e. The molecule has 0 saturated heterocycles. The Kier molecular flexibility index (Phi) is 2.99. The molecule has 5 rings (SSSR count). The molecule has 0 amide bonds. The zero-order chi connectivity index (χ0) is 17.7. The first kappa shape index (κ1) is 14.5. The van der Waals surface area contributed by atoms with Crippen LogP contribution >= 0.6 is 0 Å². The van der Waals surface area contributed by atoms with Crippen LogP contribution in [0.15, 0.2) is 72.8 Å². The summed E-state index contributed by atoms with van der Waals surface area (Å²) in [7, 11) is 0. The number of hydrogen-bond donors (Lipinski definition) is 1. The van der Waals surface area contributed by atoms with Gasteiger partial charge in [0.05, 0.1) is 15.9 Å². The molecule has 0 radical (unpaired) electrons. The van der Waals surface area contributed by atoms with Crippen LogP contribution in [0.4, 0.5) is 5.69 Å². The zero-order valence-electron chi connectivity index (χ0n) is 13.6. The number of aromatic amines is 1. The zero-order valence-corrected chi connectivity index (χ0v) is 13.6. The Labute approximate surface area is 147 Å². The number of nitrogens with one attached hydrogen (secondary N) is 1. The summed E-state index contributed by atoms with van der Waals surface area (Å²) >= 11 is 0. The minimum absolute atomic E-state index is 0.0473. The van der Waals surface area contributed by atoms with Gasteiger partial charge in [-0.25, -0.2) is 0 Å². The lowest BCUT2D eigenvalue weighted by Crippen LogP contribution is -2.25. The molecule has 0 bridgehead atoms. The fourth-order valence-electron chi connectivity index (χ4n) is 3.37. The number of hydrogen-bond acceptors (Lipinski definition) is 3. The average Bonchev–Trinajstić information content (AvgIpc) is 3.07. The molecule has 124 valence electrons. The molecule has 6 heteroatoms. The maximum Gasteiger partial charge on any atom is 0.276 e. The monoisotopic (exact) mass is 341 g/mol. The molecule has 0 fully saturated rings. The summed E-state index contributed by atoms with van der Waals surface area (Å²) in [6, 6.07) is 22.4. The van der Waals surface area contributed by atoms with E-state index in [0.717, 1.165) is 27.6 Å². The number of imidazole rings is 1. The van der Waals surface area contributed by atoms with E-state index in [1.54, 1.807) is 12.1 Å². The Hall–Kier alpha value is -3.80. The Morgan fingerprint density at radius 2 is 1.77 bits per heavy atom. The van der Waals surface area contributed by atoms with Crippen LogP contribution in [-0.2, 0) is 0 Å². The van der Waals surface area contributed by atoms with Crippen molar-refractivity contribution in [3.05, 3.63) is 82.9 Å². The molecule has 5 aromatic rings. The summed E-state index contributed by atoms with van der Waals surface area (Å²) in [6.07, 6.45) is 0. The van der Waals surface area contributed by atoms with Crippen molar-refractivity contribution in [3.63, 3.8) is 0 Å². The van der Waals surface area contributed by atoms with E-state index in [4.69, 9.17) is 4.98 Å². The van der Waals surface area contributed by atoms with Crippen molar-refractivity contribution in [1.29, 1.82) is 0 Å². The number of aromatic nitrogens is 3. The molecule has 0 aliphatic rings. The van der Waals surface area contributed by atoms with Crippen LogP contribution in [0.3, 0.4) is 0 Å². The van der Waals surface area contributed by atoms with E-state index in [-0.39, 0.29) is 10.6 Å². The Morgan fingerprint density at radius 3 is 2.65 bits per heavy atom. The van der Waals surface area contributed by atoms with E-state index in [0.29, 0.717) is 11.4 Å². The summed E-state index contributed by atoms with van der Waals surface area (Å²) in [6.45, 7) is 0. The largest absolute Gasteiger partial charge is 0.276 e. The number of benzene rings is 3. The number of nitro groups is 1. The Balaban J connectivity index is 1.97. The standard InChI is InChI=1S/C20H12N4O2/c25-24(26)14-7-5-6-13(12-14)19-21-16-9-2-1-8-15(16)20-22-17-10-3-4-11-18(17)23(19)20/h1-12H/p+1. The van der Waals surface area contributed by atoms with Gasteiger partial charge in [0.2, 0.25) is 5.65 Å². The van der Waals surface area contributed by atoms with Crippen molar-refractivity contribution in [2.24, 2.45) is 0 Å². The van der Waals surface area contributed by atoms with Gasteiger partial charge < -0.3 is 0 Å². The molecule has 0 spiro atoms. The topological polar surface area (TPSA) is 75.9 Å². The molecule has 0 aliphatic heterocycles. The molecule has 1 N–H and O–H groups in total. The second-order valence-corrected chi connectivity index (χ2v) is 6.09. The molecule has 0 saturated carbocycles. The second kappa shape index (κ2) is 5.35. The van der Waals surface area contributed by atoms with Crippen LogP contribution in [0.2, 0.25) is 0 Å². The van der Waals surface area contributed by atoms with Gasteiger partial charge in [-0.2, -0.15) is 4.40 Å².